The second-order valence-electron chi connectivity index (χ2n) is 7.36. The van der Waals surface area contributed by atoms with Crippen LogP contribution in [0, 0.1) is 5.92 Å². The molecule has 0 aliphatic carbocycles. The van der Waals surface area contributed by atoms with Gasteiger partial charge in [-0.1, -0.05) is 13.8 Å². The molecule has 0 aromatic heterocycles. The van der Waals surface area contributed by atoms with E-state index in [2.05, 4.69) is 10.0 Å². The summed E-state index contributed by atoms with van der Waals surface area (Å²) >= 11 is 0. The van der Waals surface area contributed by atoms with Gasteiger partial charge in [0.1, 0.15) is 0 Å². The molecule has 0 radical (unpaired) electrons. The quantitative estimate of drug-likeness (QED) is 0.831. The number of amides is 1. The Morgan fingerprint density at radius 1 is 1.20 bits per heavy atom. The number of carbonyl (C=O) groups excluding carboxylic acids is 1. The summed E-state index contributed by atoms with van der Waals surface area (Å²) in [6.07, 6.45) is 3.08. The minimum absolute atomic E-state index is 0.00953. The number of fused-ring (bicyclic) bond motifs is 2. The van der Waals surface area contributed by atoms with Crippen molar-refractivity contribution in [1.82, 2.24) is 14.9 Å². The van der Waals surface area contributed by atoms with Crippen LogP contribution in [0.4, 0.5) is 0 Å². The molecule has 0 spiro atoms. The Labute approximate surface area is 150 Å². The molecule has 1 amide bonds. The Morgan fingerprint density at radius 2 is 1.88 bits per heavy atom. The average Bonchev–Trinajstić information content (AvgIpc) is 2.85. The smallest absolute Gasteiger partial charge is 0.254 e. The van der Waals surface area contributed by atoms with E-state index in [1.54, 1.807) is 12.1 Å². The van der Waals surface area contributed by atoms with Gasteiger partial charge in [-0.15, -0.1) is 0 Å². The van der Waals surface area contributed by atoms with Gasteiger partial charge >= 0.3 is 0 Å². The summed E-state index contributed by atoms with van der Waals surface area (Å²) in [7, 11) is -3.52. The highest BCUT2D eigenvalue weighted by Gasteiger charge is 2.38. The third-order valence-electron chi connectivity index (χ3n) is 4.98. The first-order valence-corrected chi connectivity index (χ1v) is 10.5. The Morgan fingerprint density at radius 3 is 2.56 bits per heavy atom. The highest BCUT2D eigenvalue weighted by atomic mass is 32.2. The SMILES string of the molecule is CC(C)CNS(=O)(=O)c1ccc(C(=O)N2C3CCNCC2CC3)cc1. The predicted octanol–water partition coefficient (Wildman–Crippen LogP) is 1.59. The molecule has 25 heavy (non-hydrogen) atoms. The molecule has 2 saturated heterocycles. The fourth-order valence-electron chi connectivity index (χ4n) is 3.60. The van der Waals surface area contributed by atoms with E-state index in [4.69, 9.17) is 0 Å². The fourth-order valence-corrected chi connectivity index (χ4v) is 4.81. The number of benzene rings is 1. The minimum Gasteiger partial charge on any atom is -0.331 e. The predicted molar refractivity (Wildman–Crippen MR) is 96.9 cm³/mol. The van der Waals surface area contributed by atoms with Crippen LogP contribution < -0.4 is 10.0 Å². The third-order valence-corrected chi connectivity index (χ3v) is 6.42. The van der Waals surface area contributed by atoms with E-state index in [9.17, 15) is 13.2 Å². The van der Waals surface area contributed by atoms with Crippen LogP contribution in [0.15, 0.2) is 29.2 Å². The normalized spacial score (nSPS) is 23.7. The summed E-state index contributed by atoms with van der Waals surface area (Å²) in [5.74, 6) is 0.248. The molecule has 138 valence electrons. The van der Waals surface area contributed by atoms with Crippen molar-refractivity contribution in [3.63, 3.8) is 0 Å². The van der Waals surface area contributed by atoms with Gasteiger partial charge in [0.15, 0.2) is 0 Å². The van der Waals surface area contributed by atoms with E-state index in [-0.39, 0.29) is 22.8 Å². The highest BCUT2D eigenvalue weighted by molar-refractivity contribution is 7.89. The standard InChI is InChI=1S/C18H27N3O3S/c1-13(2)11-20-25(23,24)17-7-3-14(4-8-17)18(22)21-15-5-6-16(21)12-19-10-9-15/h3-4,7-8,13,15-16,19-20H,5-6,9-12H2,1-2H3. The van der Waals surface area contributed by atoms with Gasteiger partial charge in [0.05, 0.1) is 4.90 Å². The molecular formula is C18H27N3O3S. The first-order valence-electron chi connectivity index (χ1n) is 9.01. The van der Waals surface area contributed by atoms with E-state index in [1.807, 2.05) is 18.7 Å². The lowest BCUT2D eigenvalue weighted by Gasteiger charge is -2.28. The van der Waals surface area contributed by atoms with Crippen molar-refractivity contribution in [2.45, 2.75) is 50.1 Å². The lowest BCUT2D eigenvalue weighted by Crippen LogP contribution is -2.42. The largest absolute Gasteiger partial charge is 0.331 e. The Hall–Kier alpha value is -1.44. The van der Waals surface area contributed by atoms with Crippen molar-refractivity contribution in [2.75, 3.05) is 19.6 Å². The molecule has 2 N–H and O–H groups in total. The van der Waals surface area contributed by atoms with Gasteiger partial charge in [-0.05, 0) is 56.0 Å². The third kappa shape index (κ3) is 4.04. The molecule has 2 bridgehead atoms. The van der Waals surface area contributed by atoms with Crippen molar-refractivity contribution in [3.05, 3.63) is 29.8 Å². The number of hydrogen-bond donors (Lipinski definition) is 2. The minimum atomic E-state index is -3.52. The van der Waals surface area contributed by atoms with Crippen LogP contribution in [-0.2, 0) is 10.0 Å². The van der Waals surface area contributed by atoms with Crippen molar-refractivity contribution < 1.29 is 13.2 Å². The number of sulfonamides is 1. The molecule has 2 aliphatic heterocycles. The van der Waals surface area contributed by atoms with E-state index in [1.165, 1.54) is 12.1 Å². The van der Waals surface area contributed by atoms with E-state index >= 15 is 0 Å². The van der Waals surface area contributed by atoms with Crippen LogP contribution in [0.5, 0.6) is 0 Å². The van der Waals surface area contributed by atoms with Crippen molar-refractivity contribution in [2.24, 2.45) is 5.92 Å². The zero-order valence-electron chi connectivity index (χ0n) is 14.9. The molecule has 7 heteroatoms. The monoisotopic (exact) mass is 365 g/mol. The van der Waals surface area contributed by atoms with Gasteiger partial charge in [-0.3, -0.25) is 4.79 Å². The highest BCUT2D eigenvalue weighted by Crippen LogP contribution is 2.29. The van der Waals surface area contributed by atoms with Gasteiger partial charge < -0.3 is 10.2 Å². The summed E-state index contributed by atoms with van der Waals surface area (Å²) in [6.45, 7) is 6.09. The molecule has 2 aliphatic rings. The van der Waals surface area contributed by atoms with Crippen molar-refractivity contribution in [1.29, 1.82) is 0 Å². The topological polar surface area (TPSA) is 78.5 Å². The number of rotatable bonds is 5. The molecule has 2 heterocycles. The molecule has 2 unspecified atom stereocenters. The summed E-state index contributed by atoms with van der Waals surface area (Å²) in [5.41, 5.74) is 0.557. The molecule has 6 nitrogen and oxygen atoms in total. The molecular weight excluding hydrogens is 338 g/mol. The molecule has 0 saturated carbocycles. The van der Waals surface area contributed by atoms with Gasteiger partial charge in [0, 0.05) is 30.7 Å². The molecule has 1 aromatic carbocycles. The van der Waals surface area contributed by atoms with Crippen LogP contribution in [0.2, 0.25) is 0 Å². The maximum Gasteiger partial charge on any atom is 0.254 e. The Kier molecular flexibility index (Phi) is 5.46. The summed E-state index contributed by atoms with van der Waals surface area (Å²) in [6, 6.07) is 6.84. The average molecular weight is 365 g/mol. The summed E-state index contributed by atoms with van der Waals surface area (Å²) < 4.78 is 27.1. The van der Waals surface area contributed by atoms with Crippen molar-refractivity contribution >= 4 is 15.9 Å². The van der Waals surface area contributed by atoms with Gasteiger partial charge in [-0.25, -0.2) is 13.1 Å². The van der Waals surface area contributed by atoms with E-state index < -0.39 is 10.0 Å². The second-order valence-corrected chi connectivity index (χ2v) is 9.13. The zero-order valence-corrected chi connectivity index (χ0v) is 15.7. The zero-order chi connectivity index (χ0) is 18.0. The maximum atomic E-state index is 12.9. The van der Waals surface area contributed by atoms with Crippen LogP contribution in [-0.4, -0.2) is 50.9 Å². The molecule has 2 fully saturated rings. The number of hydrogen-bond acceptors (Lipinski definition) is 4. The van der Waals surface area contributed by atoms with E-state index in [0.29, 0.717) is 18.2 Å². The number of nitrogens with one attached hydrogen (secondary N) is 2. The second kappa shape index (κ2) is 7.43. The van der Waals surface area contributed by atoms with E-state index in [0.717, 1.165) is 32.4 Å². The van der Waals surface area contributed by atoms with Crippen molar-refractivity contribution in [3.8, 4) is 0 Å². The van der Waals surface area contributed by atoms with Crippen LogP contribution in [0.25, 0.3) is 0 Å². The summed E-state index contributed by atoms with van der Waals surface area (Å²) in [5, 5.41) is 3.39. The molecule has 2 atom stereocenters. The lowest BCUT2D eigenvalue weighted by molar-refractivity contribution is 0.0680. The van der Waals surface area contributed by atoms with Gasteiger partial charge in [-0.2, -0.15) is 0 Å². The first-order chi connectivity index (χ1) is 11.9. The van der Waals surface area contributed by atoms with Gasteiger partial charge in [0.2, 0.25) is 10.0 Å². The lowest BCUT2D eigenvalue weighted by atomic mass is 10.1. The summed E-state index contributed by atoms with van der Waals surface area (Å²) in [4.78, 5) is 15.1. The van der Waals surface area contributed by atoms with Gasteiger partial charge in [0.25, 0.3) is 5.91 Å². The number of nitrogens with zero attached hydrogens (tertiary/aromatic N) is 1. The van der Waals surface area contributed by atoms with Crippen LogP contribution in [0.1, 0.15) is 43.5 Å². The molecule has 1 aromatic rings. The van der Waals surface area contributed by atoms with Crippen LogP contribution >= 0.6 is 0 Å². The number of carbonyl (C=O) groups is 1. The fraction of sp³-hybridized carbons (Fsp3) is 0.611. The molecule has 3 rings (SSSR count). The first kappa shape index (κ1) is 18.4. The van der Waals surface area contributed by atoms with Crippen LogP contribution in [0.3, 0.4) is 0 Å². The Balaban J connectivity index is 1.75. The Bertz CT molecular complexity index is 702. The maximum absolute atomic E-state index is 12.9.